The molecule has 1 aliphatic carbocycles. The summed E-state index contributed by atoms with van der Waals surface area (Å²) in [6.45, 7) is 3.24. The van der Waals surface area contributed by atoms with E-state index in [1.54, 1.807) is 19.1 Å². The zero-order valence-corrected chi connectivity index (χ0v) is 18.8. The molecule has 0 bridgehead atoms. The largest absolute Gasteiger partial charge is 0.497 e. The summed E-state index contributed by atoms with van der Waals surface area (Å²) in [5, 5.41) is 2.84. The van der Waals surface area contributed by atoms with Crippen LogP contribution in [0.15, 0.2) is 23.1 Å². The number of methoxy groups -OCH3 is 2. The maximum Gasteiger partial charge on any atom is 0.326 e. The van der Waals surface area contributed by atoms with Crippen molar-refractivity contribution in [1.29, 1.82) is 0 Å². The van der Waals surface area contributed by atoms with Crippen molar-refractivity contribution in [2.45, 2.75) is 30.2 Å². The number of imide groups is 1. The summed E-state index contributed by atoms with van der Waals surface area (Å²) >= 11 is 0. The Morgan fingerprint density at radius 1 is 1.10 bits per heavy atom. The van der Waals surface area contributed by atoms with E-state index in [9.17, 15) is 18.0 Å². The van der Waals surface area contributed by atoms with Crippen molar-refractivity contribution >= 4 is 22.0 Å². The first kappa shape index (κ1) is 21.8. The normalized spacial score (nSPS) is 25.6. The van der Waals surface area contributed by atoms with Crippen LogP contribution in [0.3, 0.4) is 0 Å². The number of amides is 3. The molecule has 3 aliphatic rings. The molecule has 0 radical (unpaired) electrons. The summed E-state index contributed by atoms with van der Waals surface area (Å²) in [6.07, 6.45) is 1.89. The molecule has 1 aromatic carbocycles. The van der Waals surface area contributed by atoms with Gasteiger partial charge in [-0.2, -0.15) is 4.31 Å². The van der Waals surface area contributed by atoms with Crippen LogP contribution in [-0.2, 0) is 14.8 Å². The molecule has 10 nitrogen and oxygen atoms in total. The van der Waals surface area contributed by atoms with E-state index < -0.39 is 15.6 Å². The van der Waals surface area contributed by atoms with Gasteiger partial charge in [0.25, 0.3) is 5.91 Å². The average molecular weight is 453 g/mol. The van der Waals surface area contributed by atoms with Crippen molar-refractivity contribution in [2.24, 2.45) is 5.92 Å². The molecule has 170 valence electrons. The van der Waals surface area contributed by atoms with E-state index in [4.69, 9.17) is 9.47 Å². The number of piperazine rings is 1. The molecule has 3 fully saturated rings. The van der Waals surface area contributed by atoms with Gasteiger partial charge >= 0.3 is 6.03 Å². The SMILES string of the molecule is COc1ccc(OC)c(S(=O)(=O)N2CCN(CN3C(=O)N[C@@](C)(C4CC4)C3=O)CC2)c1. The standard InChI is InChI=1S/C20H28N4O6S/c1-20(14-4-5-14)18(25)24(19(26)21-20)13-22-8-10-23(11-9-22)31(27,28)17-12-15(29-2)6-7-16(17)30-3/h6-7,12,14H,4-5,8-11,13H2,1-3H3,(H,21,26)/t20-/m0/s1. The highest BCUT2D eigenvalue weighted by Crippen LogP contribution is 2.42. The molecule has 4 rings (SSSR count). The lowest BCUT2D eigenvalue weighted by Crippen LogP contribution is -2.53. The van der Waals surface area contributed by atoms with Crippen LogP contribution in [0.4, 0.5) is 4.79 Å². The Kier molecular flexibility index (Phi) is 5.61. The molecule has 1 N–H and O–H groups in total. The Balaban J connectivity index is 1.42. The van der Waals surface area contributed by atoms with Crippen molar-refractivity contribution in [3.63, 3.8) is 0 Å². The van der Waals surface area contributed by atoms with Crippen molar-refractivity contribution < 1.29 is 27.5 Å². The highest BCUT2D eigenvalue weighted by molar-refractivity contribution is 7.89. The molecule has 2 aliphatic heterocycles. The number of carbonyl (C=O) groups excluding carboxylic acids is 2. The minimum Gasteiger partial charge on any atom is -0.497 e. The topological polar surface area (TPSA) is 108 Å². The van der Waals surface area contributed by atoms with E-state index in [1.165, 1.54) is 29.5 Å². The van der Waals surface area contributed by atoms with Crippen LogP contribution in [0.1, 0.15) is 19.8 Å². The van der Waals surface area contributed by atoms with Gasteiger partial charge in [-0.1, -0.05) is 0 Å². The van der Waals surface area contributed by atoms with Crippen molar-refractivity contribution in [1.82, 2.24) is 19.4 Å². The highest BCUT2D eigenvalue weighted by atomic mass is 32.2. The third-order valence-corrected chi connectivity index (χ3v) is 8.28. The lowest BCUT2D eigenvalue weighted by atomic mass is 9.96. The molecule has 0 unspecified atom stereocenters. The van der Waals surface area contributed by atoms with Crippen molar-refractivity contribution in [2.75, 3.05) is 47.1 Å². The summed E-state index contributed by atoms with van der Waals surface area (Å²) in [6, 6.07) is 4.28. The van der Waals surface area contributed by atoms with Crippen LogP contribution in [0, 0.1) is 5.92 Å². The molecule has 1 saturated carbocycles. The quantitative estimate of drug-likeness (QED) is 0.606. The lowest BCUT2D eigenvalue weighted by molar-refractivity contribution is -0.133. The minimum atomic E-state index is -3.79. The van der Waals surface area contributed by atoms with Crippen LogP contribution >= 0.6 is 0 Å². The molecule has 1 atom stereocenters. The van der Waals surface area contributed by atoms with Crippen molar-refractivity contribution in [3.8, 4) is 11.5 Å². The Labute approximate surface area is 182 Å². The van der Waals surface area contributed by atoms with Crippen LogP contribution in [-0.4, -0.2) is 87.1 Å². The summed E-state index contributed by atoms with van der Waals surface area (Å²) in [7, 11) is -0.893. The van der Waals surface area contributed by atoms with Crippen molar-refractivity contribution in [3.05, 3.63) is 18.2 Å². The number of nitrogens with one attached hydrogen (secondary N) is 1. The van der Waals surface area contributed by atoms with Crippen LogP contribution < -0.4 is 14.8 Å². The van der Waals surface area contributed by atoms with Crippen LogP contribution in [0.25, 0.3) is 0 Å². The summed E-state index contributed by atoms with van der Waals surface area (Å²) in [4.78, 5) is 28.4. The predicted octanol–water partition coefficient (Wildman–Crippen LogP) is 0.688. The van der Waals surface area contributed by atoms with Gasteiger partial charge in [0.1, 0.15) is 21.9 Å². The fraction of sp³-hybridized carbons (Fsp3) is 0.600. The monoisotopic (exact) mass is 452 g/mol. The number of rotatable bonds is 7. The second kappa shape index (κ2) is 7.95. The number of sulfonamides is 1. The molecular formula is C20H28N4O6S. The van der Waals surface area contributed by atoms with E-state index in [0.717, 1.165) is 12.8 Å². The Hall–Kier alpha value is -2.37. The molecule has 11 heteroatoms. The molecule has 31 heavy (non-hydrogen) atoms. The zero-order chi connectivity index (χ0) is 22.4. The fourth-order valence-corrected chi connectivity index (χ4v) is 5.81. The first-order valence-corrected chi connectivity index (χ1v) is 11.7. The van der Waals surface area contributed by atoms with Gasteiger partial charge in [0.05, 0.1) is 20.9 Å². The summed E-state index contributed by atoms with van der Waals surface area (Å²) in [5.41, 5.74) is -0.814. The number of hydrogen-bond donors (Lipinski definition) is 1. The second-order valence-electron chi connectivity index (χ2n) is 8.32. The molecular weight excluding hydrogens is 424 g/mol. The molecule has 2 saturated heterocycles. The predicted molar refractivity (Wildman–Crippen MR) is 111 cm³/mol. The average Bonchev–Trinajstić information content (AvgIpc) is 3.59. The smallest absolute Gasteiger partial charge is 0.326 e. The Morgan fingerprint density at radius 2 is 1.77 bits per heavy atom. The fourth-order valence-electron chi connectivity index (χ4n) is 4.22. The summed E-state index contributed by atoms with van der Waals surface area (Å²) < 4.78 is 38.2. The first-order valence-electron chi connectivity index (χ1n) is 10.3. The highest BCUT2D eigenvalue weighted by Gasteiger charge is 2.56. The molecule has 0 aromatic heterocycles. The number of nitrogens with zero attached hydrogens (tertiary/aromatic N) is 3. The Bertz CT molecular complexity index is 987. The molecule has 0 spiro atoms. The molecule has 3 amide bonds. The van der Waals surface area contributed by atoms with Gasteiger partial charge in [-0.3, -0.25) is 9.69 Å². The third kappa shape index (κ3) is 3.85. The van der Waals surface area contributed by atoms with E-state index in [-0.39, 0.29) is 48.3 Å². The van der Waals surface area contributed by atoms with Gasteiger partial charge in [0.15, 0.2) is 0 Å². The number of benzene rings is 1. The number of carbonyl (C=O) groups is 2. The number of hydrogen-bond acceptors (Lipinski definition) is 7. The van der Waals surface area contributed by atoms with E-state index in [0.29, 0.717) is 18.8 Å². The number of ether oxygens (including phenoxy) is 2. The van der Waals surface area contributed by atoms with E-state index >= 15 is 0 Å². The summed E-state index contributed by atoms with van der Waals surface area (Å²) in [5.74, 6) is 0.683. The molecule has 1 aromatic rings. The van der Waals surface area contributed by atoms with Gasteiger partial charge in [-0.15, -0.1) is 0 Å². The van der Waals surface area contributed by atoms with Gasteiger partial charge in [0.2, 0.25) is 10.0 Å². The number of urea groups is 1. The van der Waals surface area contributed by atoms with E-state index in [1.807, 2.05) is 4.90 Å². The minimum absolute atomic E-state index is 0.0529. The Morgan fingerprint density at radius 3 is 2.35 bits per heavy atom. The molecule has 2 heterocycles. The van der Waals surface area contributed by atoms with E-state index in [2.05, 4.69) is 5.32 Å². The van der Waals surface area contributed by atoms with Crippen LogP contribution in [0.5, 0.6) is 11.5 Å². The van der Waals surface area contributed by atoms with Gasteiger partial charge in [0, 0.05) is 32.2 Å². The van der Waals surface area contributed by atoms with Crippen LogP contribution in [0.2, 0.25) is 0 Å². The van der Waals surface area contributed by atoms with Gasteiger partial charge in [-0.25, -0.2) is 18.1 Å². The second-order valence-corrected chi connectivity index (χ2v) is 10.2. The van der Waals surface area contributed by atoms with Gasteiger partial charge in [-0.05, 0) is 37.8 Å². The first-order chi connectivity index (χ1) is 14.7. The lowest BCUT2D eigenvalue weighted by Gasteiger charge is -2.35. The third-order valence-electron chi connectivity index (χ3n) is 6.36. The zero-order valence-electron chi connectivity index (χ0n) is 18.0. The van der Waals surface area contributed by atoms with Gasteiger partial charge < -0.3 is 14.8 Å². The maximum absolute atomic E-state index is 13.2. The maximum atomic E-state index is 13.2.